The first-order valence-corrected chi connectivity index (χ1v) is 7.31. The highest BCUT2D eigenvalue weighted by Crippen LogP contribution is 2.37. The number of ether oxygens (including phenoxy) is 2. The number of aliphatic hydroxyl groups is 1. The van der Waals surface area contributed by atoms with E-state index in [0.717, 1.165) is 11.0 Å². The van der Waals surface area contributed by atoms with E-state index in [1.54, 1.807) is 0 Å². The van der Waals surface area contributed by atoms with Crippen LogP contribution in [-0.4, -0.2) is 59.6 Å². The van der Waals surface area contributed by atoms with Gasteiger partial charge in [-0.15, -0.1) is 0 Å². The summed E-state index contributed by atoms with van der Waals surface area (Å²) in [5, 5.41) is 10.6. The third-order valence-corrected chi connectivity index (χ3v) is 4.21. The van der Waals surface area contributed by atoms with Gasteiger partial charge in [0.2, 0.25) is 11.5 Å². The highest BCUT2D eigenvalue weighted by Gasteiger charge is 2.54. The van der Waals surface area contributed by atoms with Crippen molar-refractivity contribution >= 4 is 23.6 Å². The number of hydrogen-bond donors (Lipinski definition) is 1. The molecule has 2 aliphatic heterocycles. The van der Waals surface area contributed by atoms with Gasteiger partial charge in [-0.25, -0.2) is 4.79 Å². The number of nitrogens with zero attached hydrogens (tertiary/aromatic N) is 1. The summed E-state index contributed by atoms with van der Waals surface area (Å²) in [5.74, 6) is -2.50. The normalized spacial score (nSPS) is 27.2. The fourth-order valence-electron chi connectivity index (χ4n) is 2.97. The molecule has 1 fully saturated rings. The van der Waals surface area contributed by atoms with Gasteiger partial charge in [0.25, 0.3) is 5.91 Å². The average molecular weight is 325 g/mol. The fourth-order valence-corrected chi connectivity index (χ4v) is 2.97. The molecule has 2 rings (SSSR count). The number of ketones is 1. The summed E-state index contributed by atoms with van der Waals surface area (Å²) in [6.45, 7) is 0. The van der Waals surface area contributed by atoms with Gasteiger partial charge in [0.15, 0.2) is 0 Å². The summed E-state index contributed by atoms with van der Waals surface area (Å²) >= 11 is 0. The second-order valence-corrected chi connectivity index (χ2v) is 5.53. The molecule has 8 heteroatoms. The van der Waals surface area contributed by atoms with Gasteiger partial charge in [0.1, 0.15) is 6.04 Å². The molecule has 0 bridgehead atoms. The van der Waals surface area contributed by atoms with Crippen molar-refractivity contribution in [3.8, 4) is 0 Å². The molecule has 23 heavy (non-hydrogen) atoms. The zero-order valence-electron chi connectivity index (χ0n) is 13.0. The van der Waals surface area contributed by atoms with E-state index in [9.17, 15) is 24.3 Å². The van der Waals surface area contributed by atoms with Gasteiger partial charge in [0, 0.05) is 18.4 Å². The minimum absolute atomic E-state index is 0.00226. The van der Waals surface area contributed by atoms with E-state index in [4.69, 9.17) is 0 Å². The molecule has 0 radical (unpaired) electrons. The Hall–Kier alpha value is -2.22. The van der Waals surface area contributed by atoms with Crippen LogP contribution in [0, 0.1) is 0 Å². The molecular formula is C15H19NO7. The molecule has 2 heterocycles. The molecular weight excluding hydrogens is 306 g/mol. The van der Waals surface area contributed by atoms with Gasteiger partial charge in [-0.2, -0.15) is 0 Å². The van der Waals surface area contributed by atoms with Gasteiger partial charge < -0.3 is 14.6 Å². The number of hydrogen-bond acceptors (Lipinski definition) is 7. The summed E-state index contributed by atoms with van der Waals surface area (Å²) in [4.78, 5) is 48.9. The molecule has 2 atom stereocenters. The summed E-state index contributed by atoms with van der Waals surface area (Å²) in [5.41, 5.74) is -1.95. The zero-order chi connectivity index (χ0) is 17.2. The number of rotatable bonds is 4. The Labute approximate surface area is 133 Å². The molecule has 2 aliphatic rings. The number of carbonyl (C=O) groups excluding carboxylic acids is 4. The van der Waals surface area contributed by atoms with Crippen molar-refractivity contribution in [2.24, 2.45) is 0 Å². The summed E-state index contributed by atoms with van der Waals surface area (Å²) in [7, 11) is 2.40. The molecule has 2 unspecified atom stereocenters. The second kappa shape index (κ2) is 6.49. The van der Waals surface area contributed by atoms with Gasteiger partial charge >= 0.3 is 11.9 Å². The van der Waals surface area contributed by atoms with E-state index >= 15 is 0 Å². The van der Waals surface area contributed by atoms with Gasteiger partial charge in [0.05, 0.1) is 14.2 Å². The van der Waals surface area contributed by atoms with Gasteiger partial charge in [-0.1, -0.05) is 0 Å². The number of esters is 2. The molecule has 0 aromatic rings. The zero-order valence-corrected chi connectivity index (χ0v) is 13.0. The maximum Gasteiger partial charge on any atom is 0.328 e. The van der Waals surface area contributed by atoms with Crippen LogP contribution in [0.3, 0.4) is 0 Å². The smallest absolute Gasteiger partial charge is 0.328 e. The SMILES string of the molecule is COC(=O)CCC1=CC(=O)C2(O)CCCC(C(=O)OC)N2C1=O. The van der Waals surface area contributed by atoms with Crippen molar-refractivity contribution in [3.05, 3.63) is 11.6 Å². The Bertz CT molecular complexity index is 582. The first-order valence-electron chi connectivity index (χ1n) is 7.31. The monoisotopic (exact) mass is 325 g/mol. The van der Waals surface area contributed by atoms with Crippen molar-refractivity contribution in [3.63, 3.8) is 0 Å². The summed E-state index contributed by atoms with van der Waals surface area (Å²) in [6, 6.07) is -1.02. The van der Waals surface area contributed by atoms with Crippen molar-refractivity contribution in [1.82, 2.24) is 4.90 Å². The lowest BCUT2D eigenvalue weighted by Gasteiger charge is -2.47. The maximum atomic E-state index is 12.6. The predicted molar refractivity (Wildman–Crippen MR) is 75.8 cm³/mol. The quantitative estimate of drug-likeness (QED) is 0.706. The summed E-state index contributed by atoms with van der Waals surface area (Å²) < 4.78 is 9.18. The van der Waals surface area contributed by atoms with Crippen LogP contribution in [0.1, 0.15) is 32.1 Å². The van der Waals surface area contributed by atoms with E-state index in [0.29, 0.717) is 12.8 Å². The largest absolute Gasteiger partial charge is 0.469 e. The summed E-state index contributed by atoms with van der Waals surface area (Å²) in [6.07, 6.45) is 1.76. The van der Waals surface area contributed by atoms with Gasteiger partial charge in [-0.05, 0) is 25.3 Å². The lowest BCUT2D eigenvalue weighted by atomic mass is 9.84. The molecule has 126 valence electrons. The molecule has 8 nitrogen and oxygen atoms in total. The first-order chi connectivity index (χ1) is 10.8. The highest BCUT2D eigenvalue weighted by molar-refractivity contribution is 6.12. The maximum absolute atomic E-state index is 12.6. The molecule has 0 aromatic carbocycles. The third kappa shape index (κ3) is 2.98. The lowest BCUT2D eigenvalue weighted by Crippen LogP contribution is -2.66. The molecule has 1 N–H and O–H groups in total. The topological polar surface area (TPSA) is 110 Å². The molecule has 0 saturated carbocycles. The van der Waals surface area contributed by atoms with Crippen molar-refractivity contribution in [2.75, 3.05) is 14.2 Å². The van der Waals surface area contributed by atoms with Crippen LogP contribution in [0.4, 0.5) is 0 Å². The molecule has 1 amide bonds. The molecule has 0 aromatic heterocycles. The number of methoxy groups -OCH3 is 2. The Kier molecular flexibility index (Phi) is 4.84. The van der Waals surface area contributed by atoms with Crippen LogP contribution in [0.2, 0.25) is 0 Å². The van der Waals surface area contributed by atoms with Crippen molar-refractivity contribution in [1.29, 1.82) is 0 Å². The Balaban J connectivity index is 2.32. The van der Waals surface area contributed by atoms with Crippen LogP contribution in [0.15, 0.2) is 11.6 Å². The van der Waals surface area contributed by atoms with Crippen molar-refractivity contribution in [2.45, 2.75) is 43.9 Å². The molecule has 0 aliphatic carbocycles. The number of amides is 1. The van der Waals surface area contributed by atoms with Crippen LogP contribution >= 0.6 is 0 Å². The van der Waals surface area contributed by atoms with Gasteiger partial charge in [-0.3, -0.25) is 19.3 Å². The molecule has 1 saturated heterocycles. The Morgan fingerprint density at radius 3 is 2.65 bits per heavy atom. The van der Waals surface area contributed by atoms with Crippen LogP contribution in [0.5, 0.6) is 0 Å². The van der Waals surface area contributed by atoms with E-state index in [1.807, 2.05) is 0 Å². The van der Waals surface area contributed by atoms with E-state index in [-0.39, 0.29) is 24.8 Å². The lowest BCUT2D eigenvalue weighted by molar-refractivity contribution is -0.191. The van der Waals surface area contributed by atoms with Crippen LogP contribution in [-0.2, 0) is 28.7 Å². The van der Waals surface area contributed by atoms with Crippen molar-refractivity contribution < 1.29 is 33.8 Å². The first kappa shape index (κ1) is 17.1. The average Bonchev–Trinajstić information content (AvgIpc) is 2.55. The second-order valence-electron chi connectivity index (χ2n) is 5.53. The van der Waals surface area contributed by atoms with Crippen LogP contribution < -0.4 is 0 Å². The fraction of sp³-hybridized carbons (Fsp3) is 0.600. The number of fused-ring (bicyclic) bond motifs is 1. The Morgan fingerprint density at radius 2 is 2.04 bits per heavy atom. The number of carbonyl (C=O) groups is 4. The van der Waals surface area contributed by atoms with E-state index in [1.165, 1.54) is 14.2 Å². The Morgan fingerprint density at radius 1 is 1.35 bits per heavy atom. The van der Waals surface area contributed by atoms with E-state index in [2.05, 4.69) is 9.47 Å². The minimum atomic E-state index is -2.02. The number of piperidine rings is 1. The van der Waals surface area contributed by atoms with Crippen LogP contribution in [0.25, 0.3) is 0 Å². The molecule has 0 spiro atoms. The third-order valence-electron chi connectivity index (χ3n) is 4.21. The van der Waals surface area contributed by atoms with E-state index < -0.39 is 35.4 Å². The standard InChI is InChI=1S/C15H19NO7/c1-22-12(18)6-5-9-8-11(17)15(21)7-3-4-10(14(20)23-2)16(15)13(9)19/h8,10,21H,3-7H2,1-2H3. The predicted octanol–water partition coefficient (Wildman–Crippen LogP) is -0.309. The minimum Gasteiger partial charge on any atom is -0.469 e. The highest BCUT2D eigenvalue weighted by atomic mass is 16.5.